The van der Waals surface area contributed by atoms with Gasteiger partial charge in [-0.25, -0.2) is 4.79 Å². The maximum absolute atomic E-state index is 11.8. The van der Waals surface area contributed by atoms with E-state index in [1.165, 1.54) is 0 Å². The van der Waals surface area contributed by atoms with Gasteiger partial charge in [-0.2, -0.15) is 0 Å². The van der Waals surface area contributed by atoms with E-state index >= 15 is 0 Å². The summed E-state index contributed by atoms with van der Waals surface area (Å²) < 4.78 is 5.29. The summed E-state index contributed by atoms with van der Waals surface area (Å²) in [5.41, 5.74) is 0. The molecule has 92 valence electrons. The van der Waals surface area contributed by atoms with Crippen LogP contribution in [0.4, 0.5) is 4.79 Å². The summed E-state index contributed by atoms with van der Waals surface area (Å²) in [6.45, 7) is 7.01. The fraction of sp³-hybridized carbons (Fsp3) is 0.462. The first-order valence-electron chi connectivity index (χ1n) is 6.09. The number of allylic oxidation sites excluding steroid dienone is 4. The van der Waals surface area contributed by atoms with Crippen LogP contribution in [0.3, 0.4) is 0 Å². The highest BCUT2D eigenvalue weighted by atomic mass is 16.6. The summed E-state index contributed by atoms with van der Waals surface area (Å²) in [5, 5.41) is 0. The number of rotatable bonds is 3. The van der Waals surface area contributed by atoms with Crippen LogP contribution >= 0.6 is 0 Å². The monoisotopic (exact) mass is 233 g/mol. The molecule has 1 saturated heterocycles. The zero-order valence-electron chi connectivity index (χ0n) is 10.7. The molecule has 0 unspecified atom stereocenters. The highest BCUT2D eigenvalue weighted by Gasteiger charge is 2.21. The fourth-order valence-electron chi connectivity index (χ4n) is 1.71. The molecule has 0 aromatic rings. The molecule has 0 saturated carbocycles. The zero-order valence-corrected chi connectivity index (χ0v) is 10.7. The van der Waals surface area contributed by atoms with Crippen LogP contribution in [0.1, 0.15) is 19.8 Å². The van der Waals surface area contributed by atoms with Crippen molar-refractivity contribution < 1.29 is 9.53 Å². The van der Waals surface area contributed by atoms with Crippen molar-refractivity contribution in [3.63, 3.8) is 0 Å². The third kappa shape index (κ3) is 4.51. The van der Waals surface area contributed by atoms with Crippen LogP contribution < -0.4 is 0 Å². The normalized spacial score (nSPS) is 18.4. The topological polar surface area (TPSA) is 29.5 Å². The number of carbonyl (C=O) groups is 1. The maximum Gasteiger partial charge on any atom is 0.415 e. The van der Waals surface area contributed by atoms with Crippen molar-refractivity contribution in [3.8, 4) is 0 Å². The van der Waals surface area contributed by atoms with E-state index in [0.29, 0.717) is 11.6 Å². The third-order valence-electron chi connectivity index (χ3n) is 2.93. The van der Waals surface area contributed by atoms with Crippen LogP contribution in [0.2, 0.25) is 5.82 Å². The molecule has 0 bridgehead atoms. The molecule has 3 nitrogen and oxygen atoms in total. The van der Waals surface area contributed by atoms with Gasteiger partial charge in [0.15, 0.2) is 0 Å². The van der Waals surface area contributed by atoms with Gasteiger partial charge in [-0.05, 0) is 31.9 Å². The fourth-order valence-corrected chi connectivity index (χ4v) is 1.71. The molecule has 1 aliphatic heterocycles. The first-order chi connectivity index (χ1) is 8.17. The quantitative estimate of drug-likeness (QED) is 0.425. The minimum atomic E-state index is -0.251. The second kappa shape index (κ2) is 6.99. The van der Waals surface area contributed by atoms with Gasteiger partial charge < -0.3 is 9.64 Å². The van der Waals surface area contributed by atoms with E-state index in [9.17, 15) is 4.79 Å². The SMILES string of the molecule is BC1CCN(C(=O)OC(/C=C\C=C)=C/C)CC1. The third-order valence-corrected chi connectivity index (χ3v) is 2.93. The predicted octanol–water partition coefficient (Wildman–Crippen LogP) is 2.29. The summed E-state index contributed by atoms with van der Waals surface area (Å²) in [5.74, 6) is 1.27. The molecule has 0 spiro atoms. The average Bonchev–Trinajstić information content (AvgIpc) is 2.35. The lowest BCUT2D eigenvalue weighted by Crippen LogP contribution is -2.37. The number of hydrogen-bond donors (Lipinski definition) is 0. The zero-order chi connectivity index (χ0) is 12.7. The van der Waals surface area contributed by atoms with Gasteiger partial charge >= 0.3 is 6.09 Å². The average molecular weight is 233 g/mol. The molecule has 0 aliphatic carbocycles. The van der Waals surface area contributed by atoms with Gasteiger partial charge in [0.2, 0.25) is 0 Å². The first kappa shape index (κ1) is 13.6. The Balaban J connectivity index is 2.48. The predicted molar refractivity (Wildman–Crippen MR) is 72.7 cm³/mol. The molecule has 0 atom stereocenters. The van der Waals surface area contributed by atoms with Gasteiger partial charge in [0.05, 0.1) is 0 Å². The van der Waals surface area contributed by atoms with Crippen LogP contribution in [0.5, 0.6) is 0 Å². The Morgan fingerprint density at radius 2 is 2.12 bits per heavy atom. The van der Waals surface area contributed by atoms with E-state index in [1.54, 1.807) is 29.2 Å². The van der Waals surface area contributed by atoms with E-state index in [0.717, 1.165) is 25.9 Å². The number of nitrogens with zero attached hydrogens (tertiary/aromatic N) is 1. The summed E-state index contributed by atoms with van der Waals surface area (Å²) >= 11 is 0. The van der Waals surface area contributed by atoms with Crippen molar-refractivity contribution in [2.75, 3.05) is 13.1 Å². The molecule has 0 aromatic carbocycles. The maximum atomic E-state index is 11.8. The van der Waals surface area contributed by atoms with Crippen molar-refractivity contribution in [1.82, 2.24) is 4.90 Å². The number of carbonyl (C=O) groups excluding carboxylic acids is 1. The van der Waals surface area contributed by atoms with Gasteiger partial charge in [0, 0.05) is 13.1 Å². The molecule has 1 amide bonds. The van der Waals surface area contributed by atoms with Crippen molar-refractivity contribution >= 4 is 13.9 Å². The van der Waals surface area contributed by atoms with Gasteiger partial charge in [-0.3, -0.25) is 0 Å². The molecule has 1 heterocycles. The van der Waals surface area contributed by atoms with Crippen molar-refractivity contribution in [1.29, 1.82) is 0 Å². The minimum Gasteiger partial charge on any atom is -0.411 e. The highest BCUT2D eigenvalue weighted by Crippen LogP contribution is 2.19. The van der Waals surface area contributed by atoms with E-state index in [-0.39, 0.29) is 6.09 Å². The first-order valence-corrected chi connectivity index (χ1v) is 6.09. The lowest BCUT2D eigenvalue weighted by Gasteiger charge is -2.29. The van der Waals surface area contributed by atoms with Gasteiger partial charge in [0.1, 0.15) is 13.6 Å². The molecule has 1 aliphatic rings. The number of amides is 1. The molecular formula is C13H20BNO2. The van der Waals surface area contributed by atoms with Gasteiger partial charge in [0.25, 0.3) is 0 Å². The van der Waals surface area contributed by atoms with Crippen LogP contribution in [0.25, 0.3) is 0 Å². The Morgan fingerprint density at radius 1 is 1.47 bits per heavy atom. The number of piperidine rings is 1. The number of ether oxygens (including phenoxy) is 1. The van der Waals surface area contributed by atoms with E-state index in [4.69, 9.17) is 4.74 Å². The smallest absolute Gasteiger partial charge is 0.411 e. The Labute approximate surface area is 104 Å². The molecule has 4 heteroatoms. The summed E-state index contributed by atoms with van der Waals surface area (Å²) in [6, 6.07) is 0. The Morgan fingerprint density at radius 3 is 2.65 bits per heavy atom. The lowest BCUT2D eigenvalue weighted by atomic mass is 9.80. The van der Waals surface area contributed by atoms with Crippen LogP contribution in [0, 0.1) is 0 Å². The van der Waals surface area contributed by atoms with E-state index in [1.807, 2.05) is 6.92 Å². The molecule has 1 fully saturated rings. The molecule has 0 N–H and O–H groups in total. The molecule has 1 rings (SSSR count). The highest BCUT2D eigenvalue weighted by molar-refractivity contribution is 6.11. The molecule has 0 aromatic heterocycles. The molecule has 0 radical (unpaired) electrons. The van der Waals surface area contributed by atoms with E-state index < -0.39 is 0 Å². The molecule has 17 heavy (non-hydrogen) atoms. The van der Waals surface area contributed by atoms with Crippen LogP contribution in [-0.4, -0.2) is 31.9 Å². The second-order valence-corrected chi connectivity index (χ2v) is 4.32. The Bertz CT molecular complexity index is 328. The van der Waals surface area contributed by atoms with Crippen LogP contribution in [0.15, 0.2) is 36.6 Å². The summed E-state index contributed by atoms with van der Waals surface area (Å²) in [4.78, 5) is 13.6. The van der Waals surface area contributed by atoms with Crippen molar-refractivity contribution in [2.45, 2.75) is 25.6 Å². The summed E-state index contributed by atoms with van der Waals surface area (Å²) in [6.07, 6.45) is 8.77. The Kier molecular flexibility index (Phi) is 5.60. The van der Waals surface area contributed by atoms with Gasteiger partial charge in [-0.1, -0.05) is 24.5 Å². The van der Waals surface area contributed by atoms with Crippen LogP contribution in [-0.2, 0) is 4.74 Å². The van der Waals surface area contributed by atoms with Crippen molar-refractivity contribution in [2.24, 2.45) is 0 Å². The molecular weight excluding hydrogens is 213 g/mol. The standard InChI is InChI=1S/C13H20BNO2/c1-3-5-6-12(4-2)17-13(16)15-9-7-11(14)8-10-15/h3-6,11H,1,7-10,14H2,2H3/b6-5-,12-4+. The second-order valence-electron chi connectivity index (χ2n) is 4.32. The minimum absolute atomic E-state index is 0.251. The lowest BCUT2D eigenvalue weighted by molar-refractivity contribution is 0.122. The Hall–Kier alpha value is -1.45. The largest absolute Gasteiger partial charge is 0.415 e. The van der Waals surface area contributed by atoms with E-state index in [2.05, 4.69) is 14.4 Å². The summed E-state index contributed by atoms with van der Waals surface area (Å²) in [7, 11) is 2.22. The number of hydrogen-bond acceptors (Lipinski definition) is 2. The van der Waals surface area contributed by atoms with Crippen molar-refractivity contribution in [3.05, 3.63) is 36.6 Å². The van der Waals surface area contributed by atoms with Gasteiger partial charge in [-0.15, -0.1) is 0 Å². The number of likely N-dealkylation sites (tertiary alicyclic amines) is 1.